The molecule has 1 aliphatic heterocycles. The van der Waals surface area contributed by atoms with Crippen molar-refractivity contribution in [1.82, 2.24) is 4.98 Å². The minimum atomic E-state index is -4.64. The summed E-state index contributed by atoms with van der Waals surface area (Å²) in [6, 6.07) is 5.00. The van der Waals surface area contributed by atoms with Gasteiger partial charge in [0.15, 0.2) is 17.7 Å². The third-order valence-corrected chi connectivity index (χ3v) is 4.99. The van der Waals surface area contributed by atoms with Crippen LogP contribution < -0.4 is 10.1 Å². The number of halogens is 7. The van der Waals surface area contributed by atoms with E-state index in [4.69, 9.17) is 5.11 Å². The van der Waals surface area contributed by atoms with Gasteiger partial charge in [-0.15, -0.1) is 0 Å². The number of amides is 1. The summed E-state index contributed by atoms with van der Waals surface area (Å²) < 4.78 is 98.3. The second-order valence-electron chi connectivity index (χ2n) is 7.19. The van der Waals surface area contributed by atoms with Crippen LogP contribution in [0.25, 0.3) is 0 Å². The molecule has 0 bridgehead atoms. The summed E-state index contributed by atoms with van der Waals surface area (Å²) in [5.74, 6) is -6.39. The first-order chi connectivity index (χ1) is 16.0. The van der Waals surface area contributed by atoms with Gasteiger partial charge in [0.25, 0.3) is 0 Å². The number of pyridine rings is 1. The molecule has 188 valence electrons. The van der Waals surface area contributed by atoms with Crippen LogP contribution in [0.1, 0.15) is 24.1 Å². The Labute approximate surface area is 189 Å². The lowest BCUT2D eigenvalue weighted by Crippen LogP contribution is -2.33. The maximum absolute atomic E-state index is 13.6. The van der Waals surface area contributed by atoms with Crippen molar-refractivity contribution in [2.75, 3.05) is 18.5 Å². The topological polar surface area (TPSA) is 80.7 Å². The molecule has 2 N–H and O–H groups in total. The lowest BCUT2D eigenvalue weighted by atomic mass is 9.86. The van der Waals surface area contributed by atoms with Gasteiger partial charge < -0.3 is 19.9 Å². The highest BCUT2D eigenvalue weighted by Gasteiger charge is 2.51. The van der Waals surface area contributed by atoms with Crippen molar-refractivity contribution in [3.05, 3.63) is 53.4 Å². The normalized spacial score (nSPS) is 20.0. The Bertz CT molecular complexity index is 959. The van der Waals surface area contributed by atoms with E-state index in [2.05, 4.69) is 19.8 Å². The average Bonchev–Trinajstić information content (AvgIpc) is 3.14. The number of aliphatic hydroxyl groups excluding tert-OH is 1. The van der Waals surface area contributed by atoms with Crippen molar-refractivity contribution >= 4 is 12.1 Å². The Morgan fingerprint density at radius 2 is 2.00 bits per heavy atom. The molecule has 1 aliphatic rings. The maximum atomic E-state index is 13.6. The monoisotopic (exact) mass is 498 g/mol. The van der Waals surface area contributed by atoms with Gasteiger partial charge in [0.05, 0.1) is 6.61 Å². The Kier molecular flexibility index (Phi) is 9.62. The number of aliphatic hydroxyl groups is 1. The van der Waals surface area contributed by atoms with E-state index in [-0.39, 0.29) is 12.2 Å². The quantitative estimate of drug-likeness (QED) is 0.436. The molecule has 2 aromatic rings. The van der Waals surface area contributed by atoms with Crippen LogP contribution in [0.3, 0.4) is 0 Å². The first-order valence-electron chi connectivity index (χ1n) is 9.86. The number of hydrogen-bond donors (Lipinski definition) is 2. The highest BCUT2D eigenvalue weighted by molar-refractivity contribution is 5.70. The molecule has 1 fully saturated rings. The fourth-order valence-corrected chi connectivity index (χ4v) is 3.42. The number of alkyl halides is 5. The molecule has 34 heavy (non-hydrogen) atoms. The predicted molar refractivity (Wildman–Crippen MR) is 105 cm³/mol. The predicted octanol–water partition coefficient (Wildman–Crippen LogP) is 4.43. The Hall–Kier alpha value is -2.93. The molecule has 1 amide bonds. The summed E-state index contributed by atoms with van der Waals surface area (Å²) in [5.41, 5.74) is 1.19. The molecule has 3 unspecified atom stereocenters. The first-order valence-corrected chi connectivity index (χ1v) is 9.86. The third kappa shape index (κ3) is 7.03. The van der Waals surface area contributed by atoms with Crippen molar-refractivity contribution in [2.45, 2.75) is 38.2 Å². The minimum Gasteiger partial charge on any atom is -0.431 e. The molecule has 0 radical (unpaired) electrons. The van der Waals surface area contributed by atoms with Gasteiger partial charge in [-0.2, -0.15) is 26.3 Å². The number of rotatable bonds is 7. The van der Waals surface area contributed by atoms with Crippen LogP contribution in [0.4, 0.5) is 36.4 Å². The second-order valence-corrected chi connectivity index (χ2v) is 7.19. The van der Waals surface area contributed by atoms with E-state index < -0.39 is 54.7 Å². The SMILES string of the molecule is CC1C(c2ccc(F)c(F)c2OC(F)F)COC1C(F)(F)F.O=CNc1ccnc(CCO)c1. The zero-order valence-corrected chi connectivity index (χ0v) is 17.7. The summed E-state index contributed by atoms with van der Waals surface area (Å²) >= 11 is 0. The van der Waals surface area contributed by atoms with Crippen molar-refractivity contribution < 1.29 is 50.1 Å². The van der Waals surface area contributed by atoms with Gasteiger partial charge in [0, 0.05) is 48.0 Å². The molecule has 0 saturated carbocycles. The van der Waals surface area contributed by atoms with Gasteiger partial charge in [-0.1, -0.05) is 13.0 Å². The van der Waals surface area contributed by atoms with Crippen molar-refractivity contribution in [3.63, 3.8) is 0 Å². The summed E-state index contributed by atoms with van der Waals surface area (Å²) in [4.78, 5) is 14.1. The van der Waals surface area contributed by atoms with Gasteiger partial charge >= 0.3 is 12.8 Å². The Morgan fingerprint density at radius 3 is 2.56 bits per heavy atom. The van der Waals surface area contributed by atoms with Crippen molar-refractivity contribution in [1.29, 1.82) is 0 Å². The second kappa shape index (κ2) is 12.0. The Morgan fingerprint density at radius 1 is 1.29 bits per heavy atom. The number of ether oxygens (including phenoxy) is 2. The van der Waals surface area contributed by atoms with E-state index in [1.807, 2.05) is 0 Å². The lowest BCUT2D eigenvalue weighted by Gasteiger charge is -2.22. The molecule has 1 aromatic carbocycles. The average molecular weight is 498 g/mol. The van der Waals surface area contributed by atoms with Crippen molar-refractivity contribution in [2.24, 2.45) is 5.92 Å². The standard InChI is InChI=1S/C13H11F7O2.C8H10N2O2/c1-5-7(4-21-11(5)13(18,19)20)6-2-3-8(14)9(15)10(6)22-12(16)17;11-4-2-8-5-7(10-6-12)1-3-9-8/h2-3,5,7,11-12H,4H2,1H3;1,3,5-6,11H,2,4H2,(H,9,10,12). The van der Waals surface area contributed by atoms with Gasteiger partial charge in [-0.25, -0.2) is 4.39 Å². The first kappa shape index (κ1) is 27.3. The van der Waals surface area contributed by atoms with Crippen LogP contribution in [-0.4, -0.2) is 48.6 Å². The molecule has 1 aromatic heterocycles. The summed E-state index contributed by atoms with van der Waals surface area (Å²) in [5, 5.41) is 11.1. The van der Waals surface area contributed by atoms with E-state index >= 15 is 0 Å². The fourth-order valence-electron chi connectivity index (χ4n) is 3.42. The molecule has 1 saturated heterocycles. The number of anilines is 1. The van der Waals surface area contributed by atoms with Crippen LogP contribution in [0.15, 0.2) is 30.5 Å². The van der Waals surface area contributed by atoms with Gasteiger partial charge in [-0.05, 0) is 18.2 Å². The van der Waals surface area contributed by atoms with E-state index in [0.29, 0.717) is 24.6 Å². The fraction of sp³-hybridized carbons (Fsp3) is 0.429. The number of carbonyl (C=O) groups excluding carboxylic acids is 1. The van der Waals surface area contributed by atoms with Crippen LogP contribution >= 0.6 is 0 Å². The van der Waals surface area contributed by atoms with E-state index in [1.165, 1.54) is 6.92 Å². The molecule has 3 atom stereocenters. The third-order valence-electron chi connectivity index (χ3n) is 4.99. The largest absolute Gasteiger partial charge is 0.431 e. The van der Waals surface area contributed by atoms with Crippen LogP contribution in [-0.2, 0) is 16.0 Å². The molecular weight excluding hydrogens is 477 g/mol. The highest BCUT2D eigenvalue weighted by Crippen LogP contribution is 2.45. The Balaban J connectivity index is 0.000000287. The number of hydrogen-bond acceptors (Lipinski definition) is 5. The molecule has 3 rings (SSSR count). The molecule has 6 nitrogen and oxygen atoms in total. The summed E-state index contributed by atoms with van der Waals surface area (Å²) in [6.07, 6.45) is -4.04. The smallest absolute Gasteiger partial charge is 0.414 e. The van der Waals surface area contributed by atoms with Crippen LogP contribution in [0, 0.1) is 17.6 Å². The molecule has 0 aliphatic carbocycles. The number of nitrogens with zero attached hydrogens (tertiary/aromatic N) is 1. The van der Waals surface area contributed by atoms with Crippen LogP contribution in [0.2, 0.25) is 0 Å². The van der Waals surface area contributed by atoms with Crippen LogP contribution in [0.5, 0.6) is 5.75 Å². The molecular formula is C21H21F7N2O4. The van der Waals surface area contributed by atoms with E-state index in [1.54, 1.807) is 18.3 Å². The molecule has 13 heteroatoms. The lowest BCUT2D eigenvalue weighted by molar-refractivity contribution is -0.215. The minimum absolute atomic E-state index is 0.0670. The summed E-state index contributed by atoms with van der Waals surface area (Å²) in [7, 11) is 0. The number of benzene rings is 1. The van der Waals surface area contributed by atoms with E-state index in [9.17, 15) is 35.5 Å². The number of nitrogens with one attached hydrogen (secondary N) is 1. The summed E-state index contributed by atoms with van der Waals surface area (Å²) in [6.45, 7) is -2.64. The zero-order chi connectivity index (χ0) is 25.5. The molecule has 0 spiro atoms. The molecule has 2 heterocycles. The zero-order valence-electron chi connectivity index (χ0n) is 17.7. The van der Waals surface area contributed by atoms with Gasteiger partial charge in [0.1, 0.15) is 0 Å². The highest BCUT2D eigenvalue weighted by atomic mass is 19.4. The van der Waals surface area contributed by atoms with Gasteiger partial charge in [-0.3, -0.25) is 9.78 Å². The number of carbonyl (C=O) groups is 1. The van der Waals surface area contributed by atoms with E-state index in [0.717, 1.165) is 11.8 Å². The van der Waals surface area contributed by atoms with Gasteiger partial charge in [0.2, 0.25) is 12.2 Å². The number of aromatic nitrogens is 1. The van der Waals surface area contributed by atoms with Crippen molar-refractivity contribution in [3.8, 4) is 5.75 Å². The maximum Gasteiger partial charge on any atom is 0.414 e.